The van der Waals surface area contributed by atoms with E-state index in [4.69, 9.17) is 5.11 Å². The largest absolute Gasteiger partial charge is 0.481 e. The highest BCUT2D eigenvalue weighted by atomic mass is 16.4. The van der Waals surface area contributed by atoms with Crippen LogP contribution in [0.25, 0.3) is 0 Å². The molecule has 2 aliphatic rings. The minimum Gasteiger partial charge on any atom is -0.481 e. The van der Waals surface area contributed by atoms with Crippen LogP contribution in [0.3, 0.4) is 0 Å². The van der Waals surface area contributed by atoms with Gasteiger partial charge in [0.15, 0.2) is 0 Å². The quantitative estimate of drug-likeness (QED) is 0.564. The third kappa shape index (κ3) is 6.33. The van der Waals surface area contributed by atoms with Crippen LogP contribution in [-0.4, -0.2) is 53.7 Å². The summed E-state index contributed by atoms with van der Waals surface area (Å²) in [5.41, 5.74) is 0. The number of hydrogen-bond acceptors (Lipinski definition) is 3. The van der Waals surface area contributed by atoms with E-state index in [9.17, 15) is 9.59 Å². The standard InChI is InChI=1S/C15H27N3O3/c19-14(20)5-3-1-2-4-9-16-15(21)17-12-8-10-18(11-12)13-6-7-13/h12-13H,1-11H2,(H,19,20)(H2,16,17,21). The zero-order valence-corrected chi connectivity index (χ0v) is 12.6. The van der Waals surface area contributed by atoms with Gasteiger partial charge in [-0.2, -0.15) is 0 Å². The van der Waals surface area contributed by atoms with E-state index in [0.717, 1.165) is 51.2 Å². The van der Waals surface area contributed by atoms with Crippen molar-refractivity contribution in [1.82, 2.24) is 15.5 Å². The van der Waals surface area contributed by atoms with Crippen LogP contribution in [0.2, 0.25) is 0 Å². The molecular formula is C15H27N3O3. The molecule has 120 valence electrons. The number of likely N-dealkylation sites (tertiary alicyclic amines) is 1. The number of hydrogen-bond donors (Lipinski definition) is 3. The first-order valence-electron chi connectivity index (χ1n) is 8.15. The van der Waals surface area contributed by atoms with Gasteiger partial charge in [0.2, 0.25) is 0 Å². The third-order valence-electron chi connectivity index (χ3n) is 4.22. The number of carbonyl (C=O) groups excluding carboxylic acids is 1. The van der Waals surface area contributed by atoms with E-state index in [0.29, 0.717) is 12.6 Å². The maximum Gasteiger partial charge on any atom is 0.315 e. The average Bonchev–Trinajstić information content (AvgIpc) is 3.18. The van der Waals surface area contributed by atoms with E-state index in [1.54, 1.807) is 0 Å². The second-order valence-electron chi connectivity index (χ2n) is 6.17. The average molecular weight is 297 g/mol. The van der Waals surface area contributed by atoms with Gasteiger partial charge in [-0.3, -0.25) is 9.69 Å². The van der Waals surface area contributed by atoms with Gasteiger partial charge in [-0.25, -0.2) is 4.79 Å². The predicted octanol–water partition coefficient (Wildman–Crippen LogP) is 1.56. The van der Waals surface area contributed by atoms with Crippen molar-refractivity contribution in [3.8, 4) is 0 Å². The summed E-state index contributed by atoms with van der Waals surface area (Å²) in [6.45, 7) is 2.77. The van der Waals surface area contributed by atoms with E-state index in [1.165, 1.54) is 12.8 Å². The molecule has 0 radical (unpaired) electrons. The molecule has 0 aromatic rings. The number of nitrogens with one attached hydrogen (secondary N) is 2. The lowest BCUT2D eigenvalue weighted by molar-refractivity contribution is -0.137. The Bertz CT molecular complexity index is 358. The number of unbranched alkanes of at least 4 members (excludes halogenated alkanes) is 3. The molecule has 3 N–H and O–H groups in total. The molecular weight excluding hydrogens is 270 g/mol. The molecule has 1 atom stereocenters. The number of urea groups is 1. The van der Waals surface area contributed by atoms with E-state index >= 15 is 0 Å². The summed E-state index contributed by atoms with van der Waals surface area (Å²) in [5.74, 6) is -0.732. The van der Waals surface area contributed by atoms with Crippen molar-refractivity contribution in [2.75, 3.05) is 19.6 Å². The number of nitrogens with zero attached hydrogens (tertiary/aromatic N) is 1. The molecule has 0 aromatic heterocycles. The summed E-state index contributed by atoms with van der Waals surface area (Å²) in [6.07, 6.45) is 7.45. The highest BCUT2D eigenvalue weighted by Crippen LogP contribution is 2.29. The second-order valence-corrected chi connectivity index (χ2v) is 6.17. The Balaban J connectivity index is 1.43. The van der Waals surface area contributed by atoms with E-state index in [2.05, 4.69) is 15.5 Å². The van der Waals surface area contributed by atoms with Crippen molar-refractivity contribution in [2.24, 2.45) is 0 Å². The van der Waals surface area contributed by atoms with Gasteiger partial charge in [-0.1, -0.05) is 12.8 Å². The van der Waals surface area contributed by atoms with Gasteiger partial charge in [-0.05, 0) is 32.1 Å². The first-order chi connectivity index (χ1) is 10.1. The topological polar surface area (TPSA) is 81.7 Å². The Morgan fingerprint density at radius 3 is 2.57 bits per heavy atom. The van der Waals surface area contributed by atoms with Crippen molar-refractivity contribution in [1.29, 1.82) is 0 Å². The fourth-order valence-electron chi connectivity index (χ4n) is 2.87. The lowest BCUT2D eigenvalue weighted by Gasteiger charge is -2.16. The summed E-state index contributed by atoms with van der Waals surface area (Å²) < 4.78 is 0. The van der Waals surface area contributed by atoms with Crippen molar-refractivity contribution < 1.29 is 14.7 Å². The Labute approximate surface area is 126 Å². The molecule has 21 heavy (non-hydrogen) atoms. The minimum absolute atomic E-state index is 0.0665. The van der Waals surface area contributed by atoms with Crippen LogP contribution in [-0.2, 0) is 4.79 Å². The Morgan fingerprint density at radius 1 is 1.10 bits per heavy atom. The van der Waals surface area contributed by atoms with Gasteiger partial charge >= 0.3 is 12.0 Å². The zero-order chi connectivity index (χ0) is 15.1. The van der Waals surface area contributed by atoms with Crippen LogP contribution in [0.4, 0.5) is 4.79 Å². The van der Waals surface area contributed by atoms with E-state index in [1.807, 2.05) is 0 Å². The first kappa shape index (κ1) is 16.1. The van der Waals surface area contributed by atoms with Crippen LogP contribution >= 0.6 is 0 Å². The summed E-state index contributed by atoms with van der Waals surface area (Å²) in [7, 11) is 0. The third-order valence-corrected chi connectivity index (χ3v) is 4.22. The van der Waals surface area contributed by atoms with Crippen molar-refractivity contribution >= 4 is 12.0 Å². The fourth-order valence-corrected chi connectivity index (χ4v) is 2.87. The van der Waals surface area contributed by atoms with E-state index < -0.39 is 5.97 Å². The van der Waals surface area contributed by atoms with Crippen molar-refractivity contribution in [3.05, 3.63) is 0 Å². The first-order valence-corrected chi connectivity index (χ1v) is 8.15. The fraction of sp³-hybridized carbons (Fsp3) is 0.867. The van der Waals surface area contributed by atoms with Gasteiger partial charge in [-0.15, -0.1) is 0 Å². The maximum absolute atomic E-state index is 11.8. The van der Waals surface area contributed by atoms with Crippen LogP contribution < -0.4 is 10.6 Å². The molecule has 1 saturated heterocycles. The number of amides is 2. The van der Waals surface area contributed by atoms with Gasteiger partial charge in [0, 0.05) is 38.1 Å². The molecule has 0 spiro atoms. The van der Waals surface area contributed by atoms with Crippen molar-refractivity contribution in [3.63, 3.8) is 0 Å². The van der Waals surface area contributed by atoms with Crippen LogP contribution in [0.15, 0.2) is 0 Å². The number of carbonyl (C=O) groups is 2. The molecule has 6 heteroatoms. The number of rotatable bonds is 9. The molecule has 2 fully saturated rings. The summed E-state index contributed by atoms with van der Waals surface area (Å²) in [5, 5.41) is 14.4. The second kappa shape index (κ2) is 8.22. The monoisotopic (exact) mass is 297 g/mol. The van der Waals surface area contributed by atoms with Crippen molar-refractivity contribution in [2.45, 2.75) is 63.5 Å². The lowest BCUT2D eigenvalue weighted by Crippen LogP contribution is -2.43. The van der Waals surface area contributed by atoms with E-state index in [-0.39, 0.29) is 12.5 Å². The molecule has 1 saturated carbocycles. The highest BCUT2D eigenvalue weighted by molar-refractivity contribution is 5.74. The van der Waals surface area contributed by atoms with Gasteiger partial charge in [0.05, 0.1) is 0 Å². The smallest absolute Gasteiger partial charge is 0.315 e. The van der Waals surface area contributed by atoms with Crippen LogP contribution in [0.1, 0.15) is 51.4 Å². The van der Waals surface area contributed by atoms with Gasteiger partial charge < -0.3 is 15.7 Å². The zero-order valence-electron chi connectivity index (χ0n) is 12.6. The molecule has 0 bridgehead atoms. The van der Waals surface area contributed by atoms with Crippen LogP contribution in [0.5, 0.6) is 0 Å². The number of carboxylic acids is 1. The highest BCUT2D eigenvalue weighted by Gasteiger charge is 2.34. The molecule has 2 rings (SSSR count). The molecule has 0 aromatic carbocycles. The molecule has 1 heterocycles. The molecule has 2 amide bonds. The van der Waals surface area contributed by atoms with Gasteiger partial charge in [0.1, 0.15) is 0 Å². The number of carboxylic acid groups (broad SMARTS) is 1. The molecule has 1 aliphatic heterocycles. The molecule has 1 unspecified atom stereocenters. The van der Waals surface area contributed by atoms with Gasteiger partial charge in [0.25, 0.3) is 0 Å². The Kier molecular flexibility index (Phi) is 6.29. The Morgan fingerprint density at radius 2 is 1.86 bits per heavy atom. The lowest BCUT2D eigenvalue weighted by atomic mass is 10.1. The summed E-state index contributed by atoms with van der Waals surface area (Å²) in [4.78, 5) is 24.6. The van der Waals surface area contributed by atoms with Crippen LogP contribution in [0, 0.1) is 0 Å². The maximum atomic E-state index is 11.8. The number of aliphatic carboxylic acids is 1. The summed E-state index contributed by atoms with van der Waals surface area (Å²) >= 11 is 0. The molecule has 1 aliphatic carbocycles. The normalized spacial score (nSPS) is 22.2. The molecule has 6 nitrogen and oxygen atoms in total. The predicted molar refractivity (Wildman–Crippen MR) is 80.3 cm³/mol. The Hall–Kier alpha value is -1.30. The SMILES string of the molecule is O=C(O)CCCCCCNC(=O)NC1CCN(C2CC2)C1. The summed E-state index contributed by atoms with van der Waals surface area (Å²) in [6, 6.07) is 1.01. The minimum atomic E-state index is -0.732.